The van der Waals surface area contributed by atoms with Crippen molar-refractivity contribution < 1.29 is 9.53 Å². The van der Waals surface area contributed by atoms with Crippen molar-refractivity contribution >= 4 is 5.97 Å². The molecule has 1 saturated carbocycles. The molecule has 1 fully saturated rings. The number of methoxy groups -OCH3 is 1. The predicted molar refractivity (Wildman–Crippen MR) is 56.6 cm³/mol. The number of carbonyl (C=O) groups is 1. The van der Waals surface area contributed by atoms with Gasteiger partial charge in [0.15, 0.2) is 0 Å². The Kier molecular flexibility index (Phi) is 2.77. The maximum atomic E-state index is 11.5. The van der Waals surface area contributed by atoms with Crippen molar-refractivity contribution in [2.45, 2.75) is 31.3 Å². The third kappa shape index (κ3) is 1.77. The highest BCUT2D eigenvalue weighted by Crippen LogP contribution is 2.30. The van der Waals surface area contributed by atoms with Gasteiger partial charge in [0.1, 0.15) is 5.69 Å². The summed E-state index contributed by atoms with van der Waals surface area (Å²) in [5, 5.41) is 0. The summed E-state index contributed by atoms with van der Waals surface area (Å²) in [4.78, 5) is 11.5. The molecule has 0 aromatic carbocycles. The van der Waals surface area contributed by atoms with Crippen LogP contribution in [0.25, 0.3) is 0 Å². The zero-order chi connectivity index (χ0) is 10.8. The zero-order valence-corrected chi connectivity index (χ0v) is 8.85. The molecular weight excluding hydrogens is 192 g/mol. The molecule has 0 radical (unpaired) electrons. The standard InChI is InChI=1S/C11H16N2O2/c1-15-11(14)10-6-3-7-13(10)9-5-2-4-8(9)12/h3,6-9H,2,4-5,12H2,1H3. The van der Waals surface area contributed by atoms with Crippen molar-refractivity contribution in [3.8, 4) is 0 Å². The summed E-state index contributed by atoms with van der Waals surface area (Å²) < 4.78 is 6.68. The van der Waals surface area contributed by atoms with Gasteiger partial charge in [-0.05, 0) is 31.4 Å². The van der Waals surface area contributed by atoms with E-state index in [4.69, 9.17) is 10.5 Å². The molecule has 15 heavy (non-hydrogen) atoms. The van der Waals surface area contributed by atoms with Crippen molar-refractivity contribution in [1.82, 2.24) is 4.57 Å². The van der Waals surface area contributed by atoms with Crippen LogP contribution in [-0.4, -0.2) is 23.7 Å². The number of rotatable bonds is 2. The van der Waals surface area contributed by atoms with Crippen LogP contribution in [0.2, 0.25) is 0 Å². The lowest BCUT2D eigenvalue weighted by Gasteiger charge is -2.19. The number of nitrogens with two attached hydrogens (primary N) is 1. The van der Waals surface area contributed by atoms with Gasteiger partial charge in [0.2, 0.25) is 0 Å². The van der Waals surface area contributed by atoms with Crippen LogP contribution in [0.1, 0.15) is 35.8 Å². The van der Waals surface area contributed by atoms with E-state index in [0.29, 0.717) is 5.69 Å². The Hall–Kier alpha value is -1.29. The minimum Gasteiger partial charge on any atom is -0.464 e. The number of carbonyl (C=O) groups excluding carboxylic acids is 1. The van der Waals surface area contributed by atoms with Gasteiger partial charge in [0, 0.05) is 18.3 Å². The molecular formula is C11H16N2O2. The van der Waals surface area contributed by atoms with E-state index in [-0.39, 0.29) is 18.1 Å². The lowest BCUT2D eigenvalue weighted by molar-refractivity contribution is 0.0585. The Balaban J connectivity index is 2.28. The van der Waals surface area contributed by atoms with Crippen LogP contribution in [0.3, 0.4) is 0 Å². The molecule has 0 aliphatic heterocycles. The van der Waals surface area contributed by atoms with E-state index in [2.05, 4.69) is 0 Å². The summed E-state index contributed by atoms with van der Waals surface area (Å²) in [5.41, 5.74) is 6.60. The van der Waals surface area contributed by atoms with Crippen molar-refractivity contribution in [3.05, 3.63) is 24.0 Å². The summed E-state index contributed by atoms with van der Waals surface area (Å²) >= 11 is 0. The lowest BCUT2D eigenvalue weighted by Crippen LogP contribution is -2.28. The van der Waals surface area contributed by atoms with Crippen LogP contribution in [0, 0.1) is 0 Å². The average Bonchev–Trinajstić information content (AvgIpc) is 2.84. The number of hydrogen-bond donors (Lipinski definition) is 1. The highest BCUT2D eigenvalue weighted by atomic mass is 16.5. The van der Waals surface area contributed by atoms with Gasteiger partial charge in [-0.2, -0.15) is 0 Å². The molecule has 1 heterocycles. The highest BCUT2D eigenvalue weighted by molar-refractivity contribution is 5.87. The number of hydrogen-bond acceptors (Lipinski definition) is 3. The Morgan fingerprint density at radius 3 is 3.00 bits per heavy atom. The van der Waals surface area contributed by atoms with Crippen LogP contribution >= 0.6 is 0 Å². The molecule has 1 aromatic rings. The fourth-order valence-electron chi connectivity index (χ4n) is 2.28. The average molecular weight is 208 g/mol. The van der Waals surface area contributed by atoms with E-state index in [1.807, 2.05) is 16.8 Å². The number of aromatic nitrogens is 1. The highest BCUT2D eigenvalue weighted by Gasteiger charge is 2.27. The lowest BCUT2D eigenvalue weighted by atomic mass is 10.2. The number of esters is 1. The second-order valence-corrected chi connectivity index (χ2v) is 3.95. The first-order valence-corrected chi connectivity index (χ1v) is 5.25. The summed E-state index contributed by atoms with van der Waals surface area (Å²) in [6, 6.07) is 4.03. The van der Waals surface area contributed by atoms with E-state index < -0.39 is 0 Å². The van der Waals surface area contributed by atoms with Gasteiger partial charge in [-0.25, -0.2) is 4.79 Å². The molecule has 82 valence electrons. The quantitative estimate of drug-likeness (QED) is 0.746. The normalized spacial score (nSPS) is 25.5. The first kappa shape index (κ1) is 10.2. The summed E-state index contributed by atoms with van der Waals surface area (Å²) in [5.74, 6) is -0.292. The summed E-state index contributed by atoms with van der Waals surface area (Å²) in [7, 11) is 1.40. The smallest absolute Gasteiger partial charge is 0.354 e. The first-order valence-electron chi connectivity index (χ1n) is 5.25. The third-order valence-corrected chi connectivity index (χ3v) is 3.06. The molecule has 1 aliphatic rings. The van der Waals surface area contributed by atoms with E-state index in [0.717, 1.165) is 19.3 Å². The molecule has 0 spiro atoms. The van der Waals surface area contributed by atoms with Crippen LogP contribution in [-0.2, 0) is 4.74 Å². The van der Waals surface area contributed by atoms with E-state index >= 15 is 0 Å². The molecule has 4 heteroatoms. The van der Waals surface area contributed by atoms with Crippen molar-refractivity contribution in [2.75, 3.05) is 7.11 Å². The molecule has 0 bridgehead atoms. The second-order valence-electron chi connectivity index (χ2n) is 3.95. The van der Waals surface area contributed by atoms with Crippen LogP contribution in [0.5, 0.6) is 0 Å². The predicted octanol–water partition coefficient (Wildman–Crippen LogP) is 1.33. The zero-order valence-electron chi connectivity index (χ0n) is 8.85. The maximum absolute atomic E-state index is 11.5. The van der Waals surface area contributed by atoms with Crippen LogP contribution < -0.4 is 5.73 Å². The van der Waals surface area contributed by atoms with Crippen LogP contribution in [0.4, 0.5) is 0 Å². The fourth-order valence-corrected chi connectivity index (χ4v) is 2.28. The van der Waals surface area contributed by atoms with Gasteiger partial charge in [-0.3, -0.25) is 0 Å². The van der Waals surface area contributed by atoms with Crippen molar-refractivity contribution in [3.63, 3.8) is 0 Å². The number of ether oxygens (including phenoxy) is 1. The third-order valence-electron chi connectivity index (χ3n) is 3.06. The molecule has 1 aromatic heterocycles. The molecule has 1 aliphatic carbocycles. The minimum absolute atomic E-state index is 0.154. The van der Waals surface area contributed by atoms with Gasteiger partial charge in [0.05, 0.1) is 7.11 Å². The fraction of sp³-hybridized carbons (Fsp3) is 0.545. The van der Waals surface area contributed by atoms with Gasteiger partial charge >= 0.3 is 5.97 Å². The molecule has 2 N–H and O–H groups in total. The molecule has 2 rings (SSSR count). The molecule has 0 amide bonds. The molecule has 2 atom stereocenters. The monoisotopic (exact) mass is 208 g/mol. The first-order chi connectivity index (χ1) is 7.24. The summed E-state index contributed by atoms with van der Waals surface area (Å²) in [6.07, 6.45) is 5.11. The second kappa shape index (κ2) is 4.06. The van der Waals surface area contributed by atoms with Crippen molar-refractivity contribution in [1.29, 1.82) is 0 Å². The Morgan fingerprint density at radius 1 is 1.60 bits per heavy atom. The van der Waals surface area contributed by atoms with Gasteiger partial charge in [0.25, 0.3) is 0 Å². The van der Waals surface area contributed by atoms with Gasteiger partial charge < -0.3 is 15.0 Å². The van der Waals surface area contributed by atoms with Crippen LogP contribution in [0.15, 0.2) is 18.3 Å². The maximum Gasteiger partial charge on any atom is 0.354 e. The molecule has 4 nitrogen and oxygen atoms in total. The van der Waals surface area contributed by atoms with E-state index in [1.165, 1.54) is 7.11 Å². The summed E-state index contributed by atoms with van der Waals surface area (Å²) in [6.45, 7) is 0. The molecule has 2 unspecified atom stereocenters. The topological polar surface area (TPSA) is 57.2 Å². The van der Waals surface area contributed by atoms with Gasteiger partial charge in [-0.1, -0.05) is 0 Å². The van der Waals surface area contributed by atoms with Crippen molar-refractivity contribution in [2.24, 2.45) is 5.73 Å². The van der Waals surface area contributed by atoms with Gasteiger partial charge in [-0.15, -0.1) is 0 Å². The Bertz CT molecular complexity index is 359. The largest absolute Gasteiger partial charge is 0.464 e. The SMILES string of the molecule is COC(=O)c1cccn1C1CCCC1N. The van der Waals surface area contributed by atoms with E-state index in [9.17, 15) is 4.79 Å². The number of nitrogens with zero attached hydrogens (tertiary/aromatic N) is 1. The minimum atomic E-state index is -0.292. The Morgan fingerprint density at radius 2 is 2.40 bits per heavy atom. The Labute approximate surface area is 89.0 Å². The van der Waals surface area contributed by atoms with E-state index in [1.54, 1.807) is 6.07 Å². The molecule has 0 saturated heterocycles.